The summed E-state index contributed by atoms with van der Waals surface area (Å²) in [6.45, 7) is 7.51. The van der Waals surface area contributed by atoms with Crippen LogP contribution in [0.1, 0.15) is 38.1 Å². The average molecular weight is 281 g/mol. The molecule has 0 aliphatic carbocycles. The van der Waals surface area contributed by atoms with Crippen LogP contribution in [-0.2, 0) is 4.79 Å². The molecule has 0 spiro atoms. The Morgan fingerprint density at radius 2 is 2.05 bits per heavy atom. The lowest BCUT2D eigenvalue weighted by atomic mass is 10.1. The molecule has 0 aliphatic rings. The van der Waals surface area contributed by atoms with Crippen molar-refractivity contribution in [3.8, 4) is 0 Å². The number of halogens is 1. The van der Waals surface area contributed by atoms with Gasteiger partial charge in [-0.1, -0.05) is 0 Å². The Bertz CT molecular complexity index is 497. The third-order valence-electron chi connectivity index (χ3n) is 2.52. The van der Waals surface area contributed by atoms with Crippen molar-refractivity contribution in [1.29, 1.82) is 0 Å². The van der Waals surface area contributed by atoms with Crippen molar-refractivity contribution in [2.24, 2.45) is 0 Å². The SMILES string of the molecule is CCN(CC(=O)NC(C)(C)C)C(=O)c1ccncc1F. The second-order valence-electron chi connectivity index (χ2n) is 5.47. The third-order valence-corrected chi connectivity index (χ3v) is 2.52. The van der Waals surface area contributed by atoms with E-state index in [1.807, 2.05) is 20.8 Å². The quantitative estimate of drug-likeness (QED) is 0.911. The molecule has 1 heterocycles. The number of carbonyl (C=O) groups is 2. The average Bonchev–Trinajstić information content (AvgIpc) is 2.33. The van der Waals surface area contributed by atoms with Crippen LogP contribution in [0.25, 0.3) is 0 Å². The summed E-state index contributed by atoms with van der Waals surface area (Å²) in [6, 6.07) is 1.31. The van der Waals surface area contributed by atoms with Crippen LogP contribution in [0.4, 0.5) is 4.39 Å². The molecule has 1 N–H and O–H groups in total. The van der Waals surface area contributed by atoms with Gasteiger partial charge in [-0.05, 0) is 33.8 Å². The highest BCUT2D eigenvalue weighted by Crippen LogP contribution is 2.09. The monoisotopic (exact) mass is 281 g/mol. The molecule has 1 aromatic rings. The fraction of sp³-hybridized carbons (Fsp3) is 0.500. The summed E-state index contributed by atoms with van der Waals surface area (Å²) >= 11 is 0. The smallest absolute Gasteiger partial charge is 0.257 e. The van der Waals surface area contributed by atoms with Gasteiger partial charge in [0, 0.05) is 18.3 Å². The largest absolute Gasteiger partial charge is 0.350 e. The molecule has 1 aromatic heterocycles. The van der Waals surface area contributed by atoms with Crippen LogP contribution in [-0.4, -0.2) is 40.3 Å². The first kappa shape index (κ1) is 16.1. The molecule has 5 nitrogen and oxygen atoms in total. The maximum absolute atomic E-state index is 13.5. The van der Waals surface area contributed by atoms with E-state index in [2.05, 4.69) is 10.3 Å². The van der Waals surface area contributed by atoms with E-state index in [4.69, 9.17) is 0 Å². The number of hydrogen-bond acceptors (Lipinski definition) is 3. The Hall–Kier alpha value is -1.98. The summed E-state index contributed by atoms with van der Waals surface area (Å²) in [5.41, 5.74) is -0.452. The summed E-state index contributed by atoms with van der Waals surface area (Å²) in [4.78, 5) is 28.9. The molecule has 2 amide bonds. The van der Waals surface area contributed by atoms with Gasteiger partial charge in [0.25, 0.3) is 5.91 Å². The molecule has 0 fully saturated rings. The summed E-state index contributed by atoms with van der Waals surface area (Å²) in [5, 5.41) is 2.77. The van der Waals surface area contributed by atoms with Gasteiger partial charge in [-0.25, -0.2) is 4.39 Å². The van der Waals surface area contributed by atoms with Crippen LogP contribution < -0.4 is 5.32 Å². The van der Waals surface area contributed by atoms with E-state index in [9.17, 15) is 14.0 Å². The highest BCUT2D eigenvalue weighted by atomic mass is 19.1. The summed E-state index contributed by atoms with van der Waals surface area (Å²) in [7, 11) is 0. The third kappa shape index (κ3) is 4.60. The van der Waals surface area contributed by atoms with Gasteiger partial charge in [-0.15, -0.1) is 0 Å². The van der Waals surface area contributed by atoms with Crippen molar-refractivity contribution >= 4 is 11.8 Å². The van der Waals surface area contributed by atoms with Crippen molar-refractivity contribution < 1.29 is 14.0 Å². The fourth-order valence-corrected chi connectivity index (χ4v) is 1.68. The van der Waals surface area contributed by atoms with Crippen molar-refractivity contribution in [1.82, 2.24) is 15.2 Å². The number of aromatic nitrogens is 1. The minimum Gasteiger partial charge on any atom is -0.350 e. The Morgan fingerprint density at radius 3 is 2.55 bits per heavy atom. The zero-order valence-electron chi connectivity index (χ0n) is 12.2. The molecule has 0 unspecified atom stereocenters. The molecular weight excluding hydrogens is 261 g/mol. The first-order valence-corrected chi connectivity index (χ1v) is 6.44. The van der Waals surface area contributed by atoms with Crippen molar-refractivity contribution in [2.45, 2.75) is 33.2 Å². The summed E-state index contributed by atoms with van der Waals surface area (Å²) in [5.74, 6) is -1.48. The van der Waals surface area contributed by atoms with Crippen LogP contribution >= 0.6 is 0 Å². The highest BCUT2D eigenvalue weighted by Gasteiger charge is 2.22. The van der Waals surface area contributed by atoms with E-state index in [0.717, 1.165) is 6.20 Å². The summed E-state index contributed by atoms with van der Waals surface area (Å²) in [6.07, 6.45) is 2.33. The first-order valence-electron chi connectivity index (χ1n) is 6.44. The van der Waals surface area contributed by atoms with Gasteiger partial charge < -0.3 is 10.2 Å². The normalized spacial score (nSPS) is 11.1. The second-order valence-corrected chi connectivity index (χ2v) is 5.47. The van der Waals surface area contributed by atoms with Crippen LogP contribution in [0.5, 0.6) is 0 Å². The van der Waals surface area contributed by atoms with Gasteiger partial charge in [-0.3, -0.25) is 14.6 Å². The van der Waals surface area contributed by atoms with E-state index in [1.165, 1.54) is 17.2 Å². The van der Waals surface area contributed by atoms with Crippen LogP contribution in [0.2, 0.25) is 0 Å². The molecule has 6 heteroatoms. The van der Waals surface area contributed by atoms with E-state index >= 15 is 0 Å². The van der Waals surface area contributed by atoms with E-state index in [1.54, 1.807) is 6.92 Å². The number of pyridine rings is 1. The molecule has 0 aliphatic heterocycles. The van der Waals surface area contributed by atoms with Crippen LogP contribution in [0.3, 0.4) is 0 Å². The van der Waals surface area contributed by atoms with E-state index in [0.29, 0.717) is 6.54 Å². The topological polar surface area (TPSA) is 62.3 Å². The van der Waals surface area contributed by atoms with Crippen molar-refractivity contribution in [3.63, 3.8) is 0 Å². The van der Waals surface area contributed by atoms with Gasteiger partial charge in [0.05, 0.1) is 18.3 Å². The lowest BCUT2D eigenvalue weighted by molar-refractivity contribution is -0.123. The molecule has 0 radical (unpaired) electrons. The van der Waals surface area contributed by atoms with E-state index < -0.39 is 11.7 Å². The number of likely N-dealkylation sites (N-methyl/N-ethyl adjacent to an activating group) is 1. The van der Waals surface area contributed by atoms with Gasteiger partial charge >= 0.3 is 0 Å². The number of nitrogens with zero attached hydrogens (tertiary/aromatic N) is 2. The number of rotatable bonds is 4. The van der Waals surface area contributed by atoms with Gasteiger partial charge in [0.1, 0.15) is 0 Å². The maximum Gasteiger partial charge on any atom is 0.257 e. The standard InChI is InChI=1S/C14H20FN3O2/c1-5-18(9-12(19)17-14(2,3)4)13(20)10-6-7-16-8-11(10)15/h6-8H,5,9H2,1-4H3,(H,17,19). The Kier molecular flexibility index (Phi) is 5.19. The molecule has 20 heavy (non-hydrogen) atoms. The Balaban J connectivity index is 2.79. The number of carbonyl (C=O) groups excluding carboxylic acids is 2. The van der Waals surface area contributed by atoms with Crippen molar-refractivity contribution in [3.05, 3.63) is 29.8 Å². The zero-order chi connectivity index (χ0) is 15.3. The summed E-state index contributed by atoms with van der Waals surface area (Å²) < 4.78 is 13.5. The Labute approximate surface area is 118 Å². The second kappa shape index (κ2) is 6.45. The number of nitrogens with one attached hydrogen (secondary N) is 1. The van der Waals surface area contributed by atoms with Crippen molar-refractivity contribution in [2.75, 3.05) is 13.1 Å². The van der Waals surface area contributed by atoms with Crippen LogP contribution in [0, 0.1) is 5.82 Å². The maximum atomic E-state index is 13.5. The first-order chi connectivity index (χ1) is 9.24. The zero-order valence-corrected chi connectivity index (χ0v) is 12.2. The predicted octanol–water partition coefficient (Wildman–Crippen LogP) is 1.60. The molecular formula is C14H20FN3O2. The van der Waals surface area contributed by atoms with Gasteiger partial charge in [0.15, 0.2) is 5.82 Å². The molecule has 110 valence electrons. The molecule has 0 saturated heterocycles. The van der Waals surface area contributed by atoms with Gasteiger partial charge in [0.2, 0.25) is 5.91 Å². The lowest BCUT2D eigenvalue weighted by Crippen LogP contribution is -2.47. The number of hydrogen-bond donors (Lipinski definition) is 1. The molecule has 0 aromatic carbocycles. The van der Waals surface area contributed by atoms with Crippen LogP contribution in [0.15, 0.2) is 18.5 Å². The van der Waals surface area contributed by atoms with Gasteiger partial charge in [-0.2, -0.15) is 0 Å². The Morgan fingerprint density at radius 1 is 1.40 bits per heavy atom. The molecule has 0 saturated carbocycles. The molecule has 0 bridgehead atoms. The minimum absolute atomic E-state index is 0.0783. The van der Waals surface area contributed by atoms with E-state index in [-0.39, 0.29) is 23.6 Å². The highest BCUT2D eigenvalue weighted by molar-refractivity contribution is 5.96. The minimum atomic E-state index is -0.688. The molecule has 0 atom stereocenters. The fourth-order valence-electron chi connectivity index (χ4n) is 1.68. The predicted molar refractivity (Wildman–Crippen MR) is 73.7 cm³/mol. The number of amides is 2. The molecule has 1 rings (SSSR count). The lowest BCUT2D eigenvalue weighted by Gasteiger charge is -2.25.